The molecule has 3 aromatic heterocycles. The number of ether oxygens (including phenoxy) is 1. The number of nitrogens with zero attached hydrogens (tertiary/aromatic N) is 6. The van der Waals surface area contributed by atoms with Gasteiger partial charge in [0.05, 0.1) is 24.4 Å². The molecule has 36 heavy (non-hydrogen) atoms. The number of pyridine rings is 1. The van der Waals surface area contributed by atoms with Crippen LogP contribution in [0.25, 0.3) is 22.2 Å². The summed E-state index contributed by atoms with van der Waals surface area (Å²) >= 11 is 0. The molecule has 0 atom stereocenters. The predicted octanol–water partition coefficient (Wildman–Crippen LogP) is 4.27. The number of sulfonamides is 1. The second-order valence-corrected chi connectivity index (χ2v) is 18.6. The zero-order valence-corrected chi connectivity index (χ0v) is 23.5. The second kappa shape index (κ2) is 10.5. The average Bonchev–Trinajstić information content (AvgIpc) is 3.44. The van der Waals surface area contributed by atoms with Gasteiger partial charge in [-0.2, -0.15) is 14.7 Å². The van der Waals surface area contributed by atoms with Gasteiger partial charge in [0.15, 0.2) is 0 Å². The minimum absolute atomic E-state index is 0.143. The molecule has 1 aliphatic rings. The monoisotopic (exact) mass is 528 g/mol. The number of hydrogen-bond donors (Lipinski definition) is 0. The van der Waals surface area contributed by atoms with E-state index in [2.05, 4.69) is 35.8 Å². The van der Waals surface area contributed by atoms with Gasteiger partial charge < -0.3 is 9.30 Å². The molecule has 9 nitrogen and oxygen atoms in total. The molecule has 4 heterocycles. The van der Waals surface area contributed by atoms with Gasteiger partial charge in [-0.05, 0) is 30.2 Å². The van der Waals surface area contributed by atoms with Crippen molar-refractivity contribution >= 4 is 29.1 Å². The van der Waals surface area contributed by atoms with Crippen molar-refractivity contribution in [3.8, 4) is 17.2 Å². The maximum atomic E-state index is 12.6. The zero-order valence-electron chi connectivity index (χ0n) is 21.6. The van der Waals surface area contributed by atoms with Crippen LogP contribution in [0.15, 0.2) is 36.9 Å². The molecule has 0 amide bonds. The zero-order chi connectivity index (χ0) is 26.0. The standard InChI is InChI=1S/C25H36N6O3SSi/c1-5-6-14-35(32,33)30-18-25(19-30,9-10-26)31-17-21(16-28-31)22-7-11-27-24-23(22)8-12-29(24)20-34-13-15-36(2,3)4/h7-8,11-12,16-17H,5-6,9,13-15,18-20H2,1-4H3. The van der Waals surface area contributed by atoms with Crippen molar-refractivity contribution < 1.29 is 13.2 Å². The Kier molecular flexibility index (Phi) is 7.71. The Morgan fingerprint density at radius 3 is 2.72 bits per heavy atom. The normalized spacial score (nSPS) is 16.2. The van der Waals surface area contributed by atoms with Gasteiger partial charge in [-0.25, -0.2) is 13.4 Å². The Balaban J connectivity index is 1.52. The molecule has 1 saturated heterocycles. The second-order valence-electron chi connectivity index (χ2n) is 10.9. The van der Waals surface area contributed by atoms with E-state index in [-0.39, 0.29) is 25.3 Å². The number of aromatic nitrogens is 4. The molecule has 3 aromatic rings. The van der Waals surface area contributed by atoms with E-state index in [0.29, 0.717) is 13.2 Å². The van der Waals surface area contributed by atoms with E-state index in [9.17, 15) is 13.7 Å². The van der Waals surface area contributed by atoms with E-state index < -0.39 is 23.6 Å². The Hall–Kier alpha value is -2.52. The first kappa shape index (κ1) is 26.5. The first-order chi connectivity index (χ1) is 17.1. The van der Waals surface area contributed by atoms with Crippen LogP contribution in [0.4, 0.5) is 0 Å². The average molecular weight is 529 g/mol. The van der Waals surface area contributed by atoms with Crippen LogP contribution in [0.5, 0.6) is 0 Å². The van der Waals surface area contributed by atoms with Crippen LogP contribution in [0.2, 0.25) is 25.7 Å². The van der Waals surface area contributed by atoms with Crippen molar-refractivity contribution in [2.24, 2.45) is 0 Å². The lowest BCUT2D eigenvalue weighted by atomic mass is 9.89. The van der Waals surface area contributed by atoms with Gasteiger partial charge in [0.2, 0.25) is 10.0 Å². The largest absolute Gasteiger partial charge is 0.361 e. The molecule has 0 saturated carbocycles. The Morgan fingerprint density at radius 2 is 2.03 bits per heavy atom. The van der Waals surface area contributed by atoms with E-state index >= 15 is 0 Å². The summed E-state index contributed by atoms with van der Waals surface area (Å²) in [5.74, 6) is 0.143. The number of nitriles is 1. The summed E-state index contributed by atoms with van der Waals surface area (Å²) in [4.78, 5) is 4.58. The van der Waals surface area contributed by atoms with Crippen LogP contribution in [0, 0.1) is 11.3 Å². The molecule has 0 N–H and O–H groups in total. The van der Waals surface area contributed by atoms with Crippen LogP contribution >= 0.6 is 0 Å². The molecule has 194 valence electrons. The highest BCUT2D eigenvalue weighted by atomic mass is 32.2. The Morgan fingerprint density at radius 1 is 1.25 bits per heavy atom. The van der Waals surface area contributed by atoms with Gasteiger partial charge in [0.25, 0.3) is 0 Å². The third kappa shape index (κ3) is 5.57. The van der Waals surface area contributed by atoms with E-state index in [1.807, 2.05) is 36.0 Å². The van der Waals surface area contributed by atoms with Gasteiger partial charge in [0.1, 0.15) is 17.9 Å². The smallest absolute Gasteiger partial charge is 0.214 e. The molecule has 1 aliphatic heterocycles. The van der Waals surface area contributed by atoms with Crippen LogP contribution in [-0.2, 0) is 27.0 Å². The third-order valence-corrected chi connectivity index (χ3v) is 10.3. The SMILES string of the molecule is CCCCS(=O)(=O)N1CC(CC#N)(n2cc(-c3ccnc4c3ccn4COCC[Si](C)(C)C)cn2)C1. The van der Waals surface area contributed by atoms with E-state index in [0.717, 1.165) is 41.2 Å². The van der Waals surface area contributed by atoms with Crippen LogP contribution in [-0.4, -0.2) is 65.6 Å². The fourth-order valence-corrected chi connectivity index (χ4v) is 7.00. The van der Waals surface area contributed by atoms with E-state index in [1.54, 1.807) is 17.1 Å². The van der Waals surface area contributed by atoms with Crippen LogP contribution in [0.1, 0.15) is 26.2 Å². The Labute approximate surface area is 214 Å². The fourth-order valence-electron chi connectivity index (χ4n) is 4.46. The number of fused-ring (bicyclic) bond motifs is 1. The van der Waals surface area contributed by atoms with Crippen molar-refractivity contribution in [1.29, 1.82) is 5.26 Å². The summed E-state index contributed by atoms with van der Waals surface area (Å²) in [5.41, 5.74) is 2.10. The van der Waals surface area contributed by atoms with Crippen molar-refractivity contribution in [2.45, 2.75) is 64.1 Å². The lowest BCUT2D eigenvalue weighted by molar-refractivity contribution is 0.0717. The summed E-state index contributed by atoms with van der Waals surface area (Å²) < 4.78 is 36.4. The minimum Gasteiger partial charge on any atom is -0.361 e. The number of rotatable bonds is 12. The molecule has 11 heteroatoms. The molecule has 0 radical (unpaired) electrons. The first-order valence-corrected chi connectivity index (χ1v) is 17.8. The molecule has 0 aliphatic carbocycles. The van der Waals surface area contributed by atoms with Crippen molar-refractivity contribution in [1.82, 2.24) is 23.6 Å². The van der Waals surface area contributed by atoms with Gasteiger partial charge in [-0.1, -0.05) is 33.0 Å². The number of hydrogen-bond acceptors (Lipinski definition) is 6. The topological polar surface area (TPSA) is 106 Å². The molecule has 4 rings (SSSR count). The molecule has 0 bridgehead atoms. The van der Waals surface area contributed by atoms with Gasteiger partial charge in [0, 0.05) is 57.3 Å². The quantitative estimate of drug-likeness (QED) is 0.257. The molecular formula is C25H36N6O3SSi. The van der Waals surface area contributed by atoms with Crippen molar-refractivity contribution in [3.05, 3.63) is 36.9 Å². The van der Waals surface area contributed by atoms with Crippen LogP contribution in [0.3, 0.4) is 0 Å². The van der Waals surface area contributed by atoms with E-state index in [1.165, 1.54) is 4.31 Å². The van der Waals surface area contributed by atoms with Crippen LogP contribution < -0.4 is 0 Å². The maximum absolute atomic E-state index is 12.6. The molecular weight excluding hydrogens is 492 g/mol. The van der Waals surface area contributed by atoms with Gasteiger partial charge in [-0.15, -0.1) is 0 Å². The lowest BCUT2D eigenvalue weighted by Gasteiger charge is -2.47. The summed E-state index contributed by atoms with van der Waals surface area (Å²) in [6, 6.07) is 7.34. The highest BCUT2D eigenvalue weighted by molar-refractivity contribution is 7.89. The predicted molar refractivity (Wildman–Crippen MR) is 144 cm³/mol. The summed E-state index contributed by atoms with van der Waals surface area (Å²) in [6.45, 7) is 10.7. The third-order valence-electron chi connectivity index (χ3n) is 6.77. The number of unbranched alkanes of at least 4 members (excludes halogenated alkanes) is 1. The van der Waals surface area contributed by atoms with Gasteiger partial charge >= 0.3 is 0 Å². The van der Waals surface area contributed by atoms with Crippen molar-refractivity contribution in [3.63, 3.8) is 0 Å². The molecule has 0 unspecified atom stereocenters. The van der Waals surface area contributed by atoms with Crippen molar-refractivity contribution in [2.75, 3.05) is 25.4 Å². The first-order valence-electron chi connectivity index (χ1n) is 12.5. The minimum atomic E-state index is -3.31. The summed E-state index contributed by atoms with van der Waals surface area (Å²) in [6.07, 6.45) is 9.13. The maximum Gasteiger partial charge on any atom is 0.214 e. The van der Waals surface area contributed by atoms with Gasteiger partial charge in [-0.3, -0.25) is 4.68 Å². The highest BCUT2D eigenvalue weighted by Crippen LogP contribution is 2.36. The summed E-state index contributed by atoms with van der Waals surface area (Å²) in [7, 11) is -4.45. The molecule has 0 spiro atoms. The highest BCUT2D eigenvalue weighted by Gasteiger charge is 2.50. The lowest BCUT2D eigenvalue weighted by Crippen LogP contribution is -2.64. The summed E-state index contributed by atoms with van der Waals surface area (Å²) in [5, 5.41) is 15.1. The molecule has 0 aromatic carbocycles. The Bertz CT molecular complexity index is 1350. The molecule has 1 fully saturated rings. The van der Waals surface area contributed by atoms with E-state index in [4.69, 9.17) is 4.74 Å². The fraction of sp³-hybridized carbons (Fsp3) is 0.560.